The first kappa shape index (κ1) is 16.5. The number of benzene rings is 1. The van der Waals surface area contributed by atoms with E-state index in [1.165, 1.54) is 11.3 Å². The van der Waals surface area contributed by atoms with Gasteiger partial charge in [0.15, 0.2) is 6.61 Å². The normalized spacial score (nSPS) is 10.3. The summed E-state index contributed by atoms with van der Waals surface area (Å²) in [4.78, 5) is 25.3. The van der Waals surface area contributed by atoms with Gasteiger partial charge in [0.2, 0.25) is 0 Å². The molecule has 22 heavy (non-hydrogen) atoms. The predicted octanol–water partition coefficient (Wildman–Crippen LogP) is 4.07. The average Bonchev–Trinajstić information content (AvgIpc) is 2.88. The van der Waals surface area contributed by atoms with Gasteiger partial charge in [-0.05, 0) is 49.2 Å². The quantitative estimate of drug-likeness (QED) is 0.837. The number of esters is 1. The minimum Gasteiger partial charge on any atom is -0.451 e. The van der Waals surface area contributed by atoms with E-state index in [0.717, 1.165) is 16.9 Å². The predicted molar refractivity (Wildman–Crippen MR) is 88.8 cm³/mol. The van der Waals surface area contributed by atoms with Gasteiger partial charge >= 0.3 is 5.97 Å². The number of hydrogen-bond donors (Lipinski definition) is 1. The van der Waals surface area contributed by atoms with Crippen molar-refractivity contribution in [2.75, 3.05) is 11.9 Å². The van der Waals surface area contributed by atoms with E-state index in [4.69, 9.17) is 16.3 Å². The zero-order chi connectivity index (χ0) is 16.1. The molecule has 1 aromatic heterocycles. The first-order valence-electron chi connectivity index (χ1n) is 6.81. The van der Waals surface area contributed by atoms with E-state index in [9.17, 15) is 9.59 Å². The fourth-order valence-electron chi connectivity index (χ4n) is 1.90. The highest BCUT2D eigenvalue weighted by molar-refractivity contribution is 7.14. The smallest absolute Gasteiger partial charge is 0.348 e. The number of hydrogen-bond acceptors (Lipinski definition) is 4. The molecule has 1 aromatic carbocycles. The molecule has 2 rings (SSSR count). The van der Waals surface area contributed by atoms with Gasteiger partial charge in [-0.15, -0.1) is 11.3 Å². The molecule has 6 heteroatoms. The van der Waals surface area contributed by atoms with E-state index in [0.29, 0.717) is 15.6 Å². The summed E-state index contributed by atoms with van der Waals surface area (Å²) in [5.74, 6) is -0.862. The van der Waals surface area contributed by atoms with Crippen LogP contribution in [0.15, 0.2) is 30.3 Å². The van der Waals surface area contributed by atoms with Crippen LogP contribution in [0.5, 0.6) is 0 Å². The lowest BCUT2D eigenvalue weighted by atomic mass is 10.2. The van der Waals surface area contributed by atoms with Crippen LogP contribution in [-0.2, 0) is 16.0 Å². The summed E-state index contributed by atoms with van der Waals surface area (Å²) in [5, 5.41) is 3.22. The second-order valence-corrected chi connectivity index (χ2v) is 6.27. The van der Waals surface area contributed by atoms with Crippen LogP contribution < -0.4 is 5.32 Å². The lowest BCUT2D eigenvalue weighted by Crippen LogP contribution is -2.20. The Balaban J connectivity index is 1.87. The number of anilines is 1. The molecule has 0 aliphatic heterocycles. The van der Waals surface area contributed by atoms with Gasteiger partial charge in [-0.1, -0.05) is 18.5 Å². The van der Waals surface area contributed by atoms with Crippen molar-refractivity contribution in [3.8, 4) is 0 Å². The lowest BCUT2D eigenvalue weighted by molar-refractivity contribution is -0.119. The SMILES string of the molecule is CCc1sc(C(=O)OCC(=O)Nc2ccc(Cl)cc2)cc1C. The van der Waals surface area contributed by atoms with Crippen LogP contribution in [0.4, 0.5) is 5.69 Å². The van der Waals surface area contributed by atoms with Crippen molar-refractivity contribution in [2.45, 2.75) is 20.3 Å². The summed E-state index contributed by atoms with van der Waals surface area (Å²) in [5.41, 5.74) is 1.68. The van der Waals surface area contributed by atoms with E-state index >= 15 is 0 Å². The Kier molecular flexibility index (Phi) is 5.57. The number of carbonyl (C=O) groups excluding carboxylic acids is 2. The molecule has 2 aromatic rings. The largest absolute Gasteiger partial charge is 0.451 e. The van der Waals surface area contributed by atoms with Gasteiger partial charge in [0.05, 0.1) is 0 Å². The summed E-state index contributed by atoms with van der Waals surface area (Å²) < 4.78 is 5.03. The standard InChI is InChI=1S/C16H16ClNO3S/c1-3-13-10(2)8-14(22-13)16(20)21-9-15(19)18-12-6-4-11(17)5-7-12/h4-8H,3,9H2,1-2H3,(H,18,19). The molecule has 0 spiro atoms. The Morgan fingerprint density at radius 2 is 1.95 bits per heavy atom. The van der Waals surface area contributed by atoms with Crippen LogP contribution in [0.1, 0.15) is 27.0 Å². The number of aryl methyl sites for hydroxylation is 2. The number of rotatable bonds is 5. The molecule has 0 radical (unpaired) electrons. The van der Waals surface area contributed by atoms with Crippen LogP contribution in [0.25, 0.3) is 0 Å². The number of nitrogens with one attached hydrogen (secondary N) is 1. The minimum absolute atomic E-state index is 0.320. The maximum Gasteiger partial charge on any atom is 0.348 e. The van der Waals surface area contributed by atoms with E-state index < -0.39 is 5.97 Å². The highest BCUT2D eigenvalue weighted by Gasteiger charge is 2.14. The van der Waals surface area contributed by atoms with Crippen LogP contribution >= 0.6 is 22.9 Å². The molecule has 0 fully saturated rings. The maximum absolute atomic E-state index is 11.9. The fourth-order valence-corrected chi connectivity index (χ4v) is 3.04. The van der Waals surface area contributed by atoms with Crippen molar-refractivity contribution in [1.82, 2.24) is 0 Å². The lowest BCUT2D eigenvalue weighted by Gasteiger charge is -2.05. The monoisotopic (exact) mass is 337 g/mol. The third-order valence-electron chi connectivity index (χ3n) is 3.01. The van der Waals surface area contributed by atoms with Crippen LogP contribution in [0.2, 0.25) is 5.02 Å². The van der Waals surface area contributed by atoms with Crippen molar-refractivity contribution in [1.29, 1.82) is 0 Å². The third-order valence-corrected chi connectivity index (χ3v) is 4.62. The molecule has 0 aliphatic carbocycles. The van der Waals surface area contributed by atoms with E-state index in [1.807, 2.05) is 13.8 Å². The van der Waals surface area contributed by atoms with E-state index in [2.05, 4.69) is 5.32 Å². The van der Waals surface area contributed by atoms with Gasteiger partial charge in [0.25, 0.3) is 5.91 Å². The fraction of sp³-hybridized carbons (Fsp3) is 0.250. The molecular formula is C16H16ClNO3S. The molecule has 116 valence electrons. The van der Waals surface area contributed by atoms with Gasteiger partial charge in [-0.2, -0.15) is 0 Å². The number of halogens is 1. The van der Waals surface area contributed by atoms with Crippen molar-refractivity contribution < 1.29 is 14.3 Å². The van der Waals surface area contributed by atoms with E-state index in [-0.39, 0.29) is 12.5 Å². The highest BCUT2D eigenvalue weighted by atomic mass is 35.5. The Hall–Kier alpha value is -1.85. The summed E-state index contributed by atoms with van der Waals surface area (Å²) >= 11 is 7.17. The molecule has 0 atom stereocenters. The average molecular weight is 338 g/mol. The molecule has 0 aliphatic rings. The first-order valence-corrected chi connectivity index (χ1v) is 8.01. The van der Waals surface area contributed by atoms with Crippen molar-refractivity contribution in [2.24, 2.45) is 0 Å². The van der Waals surface area contributed by atoms with Crippen LogP contribution in [-0.4, -0.2) is 18.5 Å². The Labute approximate surface area is 138 Å². The van der Waals surface area contributed by atoms with Gasteiger partial charge in [0, 0.05) is 15.6 Å². The molecule has 1 heterocycles. The van der Waals surface area contributed by atoms with E-state index in [1.54, 1.807) is 30.3 Å². The van der Waals surface area contributed by atoms with Gasteiger partial charge in [0.1, 0.15) is 4.88 Å². The van der Waals surface area contributed by atoms with Crippen molar-refractivity contribution >= 4 is 40.5 Å². The van der Waals surface area contributed by atoms with Crippen molar-refractivity contribution in [3.63, 3.8) is 0 Å². The number of amides is 1. The summed E-state index contributed by atoms with van der Waals surface area (Å²) in [7, 11) is 0. The topological polar surface area (TPSA) is 55.4 Å². The minimum atomic E-state index is -0.473. The molecule has 4 nitrogen and oxygen atoms in total. The van der Waals surface area contributed by atoms with Crippen molar-refractivity contribution in [3.05, 3.63) is 50.7 Å². The van der Waals surface area contributed by atoms with Gasteiger partial charge in [-0.3, -0.25) is 4.79 Å². The molecule has 0 unspecified atom stereocenters. The third kappa shape index (κ3) is 4.32. The Bertz CT molecular complexity index is 679. The molecule has 1 amide bonds. The second kappa shape index (κ2) is 7.42. The number of ether oxygens (including phenoxy) is 1. The van der Waals surface area contributed by atoms with Gasteiger partial charge in [-0.25, -0.2) is 4.79 Å². The maximum atomic E-state index is 11.9. The zero-order valence-corrected chi connectivity index (χ0v) is 13.9. The van der Waals surface area contributed by atoms with Crippen LogP contribution in [0, 0.1) is 6.92 Å². The van der Waals surface area contributed by atoms with Gasteiger partial charge < -0.3 is 10.1 Å². The molecular weight excluding hydrogens is 322 g/mol. The number of carbonyl (C=O) groups is 2. The summed E-state index contributed by atoms with van der Waals surface area (Å²) in [6, 6.07) is 8.49. The highest BCUT2D eigenvalue weighted by Crippen LogP contribution is 2.23. The summed E-state index contributed by atoms with van der Waals surface area (Å²) in [6.45, 7) is 3.67. The summed E-state index contributed by atoms with van der Waals surface area (Å²) in [6.07, 6.45) is 0.876. The molecule has 0 saturated heterocycles. The Morgan fingerprint density at radius 3 is 2.55 bits per heavy atom. The molecule has 1 N–H and O–H groups in total. The Morgan fingerprint density at radius 1 is 1.27 bits per heavy atom. The first-order chi connectivity index (χ1) is 10.5. The number of thiophene rings is 1. The second-order valence-electron chi connectivity index (χ2n) is 4.70. The van der Waals surface area contributed by atoms with Crippen LogP contribution in [0.3, 0.4) is 0 Å². The molecule has 0 bridgehead atoms. The molecule has 0 saturated carbocycles. The zero-order valence-electron chi connectivity index (χ0n) is 12.3.